The molecule has 9 aromatic rings. The number of hydrogen-bond donors (Lipinski definition) is 0. The van der Waals surface area contributed by atoms with E-state index < -0.39 is 0 Å². The van der Waals surface area contributed by atoms with Gasteiger partial charge >= 0.3 is 0 Å². The molecule has 0 aliphatic carbocycles. The number of hydrogen-bond acceptors (Lipinski definition) is 3. The summed E-state index contributed by atoms with van der Waals surface area (Å²) in [6, 6.07) is 47.6. The van der Waals surface area contributed by atoms with E-state index in [0.29, 0.717) is 0 Å². The Labute approximate surface area is 246 Å². The molecule has 4 aromatic heterocycles. The number of rotatable bonds is 3. The first-order valence-electron chi connectivity index (χ1n) is 14.1. The number of thiazole rings is 1. The number of pyridine rings is 2. The fourth-order valence-electron chi connectivity index (χ4n) is 6.22. The molecule has 5 aromatic carbocycles. The third-order valence-corrected chi connectivity index (χ3v) is 9.37. The minimum Gasteiger partial charge on any atom is -0.299 e. The van der Waals surface area contributed by atoms with E-state index in [0.717, 1.165) is 33.1 Å². The lowest BCUT2D eigenvalue weighted by Gasteiger charge is -2.07. The molecule has 0 spiro atoms. The van der Waals surface area contributed by atoms with E-state index in [1.165, 1.54) is 48.2 Å². The largest absolute Gasteiger partial charge is 0.299 e. The van der Waals surface area contributed by atoms with Crippen LogP contribution >= 0.6 is 11.3 Å². The topological polar surface area (TPSA) is 30.2 Å². The molecule has 4 heterocycles. The van der Waals surface area contributed by atoms with E-state index in [9.17, 15) is 0 Å². The molecule has 0 saturated carbocycles. The van der Waals surface area contributed by atoms with Crippen LogP contribution in [0.25, 0.3) is 81.3 Å². The van der Waals surface area contributed by atoms with Crippen molar-refractivity contribution in [2.75, 3.05) is 0 Å². The molecule has 196 valence electrons. The van der Waals surface area contributed by atoms with Crippen LogP contribution in [-0.2, 0) is 0 Å². The minimum absolute atomic E-state index is 0.940. The van der Waals surface area contributed by atoms with Gasteiger partial charge in [-0.05, 0) is 47.0 Å². The molecule has 0 radical (unpaired) electrons. The number of benzene rings is 5. The summed E-state index contributed by atoms with van der Waals surface area (Å²) < 4.78 is 3.72. The van der Waals surface area contributed by atoms with Crippen LogP contribution in [0.4, 0.5) is 0 Å². The third-order valence-electron chi connectivity index (χ3n) is 8.25. The number of aromatic nitrogens is 3. The Hall–Kier alpha value is -5.32. The van der Waals surface area contributed by atoms with Crippen molar-refractivity contribution in [3.63, 3.8) is 0 Å². The van der Waals surface area contributed by atoms with Gasteiger partial charge in [-0.1, -0.05) is 103 Å². The maximum atomic E-state index is 5.06. The van der Waals surface area contributed by atoms with Crippen molar-refractivity contribution in [3.05, 3.63) is 140 Å². The van der Waals surface area contributed by atoms with Crippen molar-refractivity contribution in [1.29, 1.82) is 0 Å². The molecule has 4 heteroatoms. The molecule has 0 saturated heterocycles. The second kappa shape index (κ2) is 9.10. The van der Waals surface area contributed by atoms with Gasteiger partial charge in [0.05, 0.1) is 32.5 Å². The van der Waals surface area contributed by atoms with Gasteiger partial charge in [-0.2, -0.15) is 0 Å². The summed E-state index contributed by atoms with van der Waals surface area (Å²) in [7, 11) is 0. The highest BCUT2D eigenvalue weighted by molar-refractivity contribution is 7.24. The lowest BCUT2D eigenvalue weighted by Crippen LogP contribution is -1.88. The van der Waals surface area contributed by atoms with Gasteiger partial charge in [0, 0.05) is 33.5 Å². The van der Waals surface area contributed by atoms with E-state index in [2.05, 4.69) is 137 Å². The lowest BCUT2D eigenvalue weighted by molar-refractivity contribution is 1.37. The first-order valence-corrected chi connectivity index (χ1v) is 14.9. The van der Waals surface area contributed by atoms with Crippen LogP contribution in [0.2, 0.25) is 0 Å². The quantitative estimate of drug-likeness (QED) is 0.204. The highest BCUT2D eigenvalue weighted by Gasteiger charge is 2.18. The van der Waals surface area contributed by atoms with Crippen molar-refractivity contribution in [2.24, 2.45) is 0 Å². The average molecular weight is 554 g/mol. The molecule has 0 aliphatic rings. The molecule has 0 aliphatic heterocycles. The van der Waals surface area contributed by atoms with Gasteiger partial charge < -0.3 is 0 Å². The predicted molar refractivity (Wildman–Crippen MR) is 177 cm³/mol. The molecule has 9 rings (SSSR count). The summed E-state index contributed by atoms with van der Waals surface area (Å²) >= 11 is 1.86. The Morgan fingerprint density at radius 3 is 2.14 bits per heavy atom. The molecule has 0 atom stereocenters. The monoisotopic (exact) mass is 553 g/mol. The number of para-hydroxylation sites is 1. The fourth-order valence-corrected chi connectivity index (χ4v) is 7.49. The van der Waals surface area contributed by atoms with Gasteiger partial charge in [-0.15, -0.1) is 11.3 Å². The van der Waals surface area contributed by atoms with Crippen molar-refractivity contribution in [1.82, 2.24) is 14.4 Å². The molecule has 0 N–H and O–H groups in total. The van der Waals surface area contributed by atoms with E-state index in [1.807, 2.05) is 23.6 Å². The molecule has 0 unspecified atom stereocenters. The van der Waals surface area contributed by atoms with E-state index in [-0.39, 0.29) is 0 Å². The smallest absolute Gasteiger partial charge is 0.109 e. The van der Waals surface area contributed by atoms with Crippen molar-refractivity contribution < 1.29 is 0 Å². The second-order valence-corrected chi connectivity index (χ2v) is 11.7. The van der Waals surface area contributed by atoms with Crippen LogP contribution in [0.1, 0.15) is 0 Å². The van der Waals surface area contributed by atoms with Crippen molar-refractivity contribution >= 4 is 59.1 Å². The first-order chi connectivity index (χ1) is 20.8. The van der Waals surface area contributed by atoms with Gasteiger partial charge in [0.25, 0.3) is 0 Å². The zero-order valence-electron chi connectivity index (χ0n) is 22.5. The minimum atomic E-state index is 0.940. The maximum Gasteiger partial charge on any atom is 0.109 e. The lowest BCUT2D eigenvalue weighted by atomic mass is 10.0. The van der Waals surface area contributed by atoms with Crippen LogP contribution in [0.5, 0.6) is 0 Å². The Kier molecular flexibility index (Phi) is 5.07. The van der Waals surface area contributed by atoms with Crippen LogP contribution in [0.15, 0.2) is 140 Å². The fraction of sp³-hybridized carbons (Fsp3) is 0. The summed E-state index contributed by atoms with van der Waals surface area (Å²) in [6.45, 7) is 0. The van der Waals surface area contributed by atoms with E-state index in [1.54, 1.807) is 0 Å². The molecule has 0 amide bonds. The summed E-state index contributed by atoms with van der Waals surface area (Å²) in [5.41, 5.74) is 11.4. The molecule has 3 nitrogen and oxygen atoms in total. The van der Waals surface area contributed by atoms with Gasteiger partial charge in [0.1, 0.15) is 4.83 Å². The summed E-state index contributed by atoms with van der Waals surface area (Å²) in [5, 5.41) is 3.48. The van der Waals surface area contributed by atoms with Gasteiger partial charge in [0.15, 0.2) is 0 Å². The molecular weight excluding hydrogens is 531 g/mol. The molecule has 0 bridgehead atoms. The highest BCUT2D eigenvalue weighted by atomic mass is 32.1. The van der Waals surface area contributed by atoms with Gasteiger partial charge in [-0.3, -0.25) is 9.38 Å². The average Bonchev–Trinajstić information content (AvgIpc) is 3.59. The standard InChI is InChI=1S/C38H23N3S/c1-2-7-24(8-3-1)29-19-21-33-34(23-29)42-38-35(30-10-4-5-11-32(30)41(33)38)26-14-12-25(13-15-26)31-20-18-28-17-16-27-9-6-22-39-36(27)37(28)40-31/h1-23H. The zero-order chi connectivity index (χ0) is 27.6. The normalized spacial score (nSPS) is 11.8. The van der Waals surface area contributed by atoms with Crippen LogP contribution < -0.4 is 0 Å². The van der Waals surface area contributed by atoms with Crippen LogP contribution in [0.3, 0.4) is 0 Å². The van der Waals surface area contributed by atoms with Crippen LogP contribution in [-0.4, -0.2) is 14.4 Å². The third kappa shape index (κ3) is 3.52. The Morgan fingerprint density at radius 1 is 0.524 bits per heavy atom. The predicted octanol–water partition coefficient (Wildman–Crippen LogP) is 10.4. The van der Waals surface area contributed by atoms with Gasteiger partial charge in [0.2, 0.25) is 0 Å². The zero-order valence-corrected chi connectivity index (χ0v) is 23.3. The highest BCUT2D eigenvalue weighted by Crippen LogP contribution is 2.43. The first kappa shape index (κ1) is 23.4. The molecule has 0 fully saturated rings. The van der Waals surface area contributed by atoms with Crippen LogP contribution in [0, 0.1) is 0 Å². The number of fused-ring (bicyclic) bond motifs is 8. The van der Waals surface area contributed by atoms with Crippen molar-refractivity contribution in [3.8, 4) is 33.5 Å². The summed E-state index contributed by atoms with van der Waals surface area (Å²) in [6.07, 6.45) is 1.84. The van der Waals surface area contributed by atoms with E-state index >= 15 is 0 Å². The summed E-state index contributed by atoms with van der Waals surface area (Å²) in [4.78, 5) is 11.0. The van der Waals surface area contributed by atoms with E-state index in [4.69, 9.17) is 4.98 Å². The Morgan fingerprint density at radius 2 is 1.26 bits per heavy atom. The number of nitrogens with zero attached hydrogens (tertiary/aromatic N) is 3. The second-order valence-electron chi connectivity index (χ2n) is 10.7. The summed E-state index contributed by atoms with van der Waals surface area (Å²) in [5.74, 6) is 0. The Bertz CT molecular complexity index is 2450. The Balaban J connectivity index is 1.19. The van der Waals surface area contributed by atoms with Crippen molar-refractivity contribution in [2.45, 2.75) is 0 Å². The maximum absolute atomic E-state index is 5.06. The SMILES string of the molecule is c1ccc(-c2ccc3c(c2)sc2c(-c4ccc(-c5ccc6ccc7cccnc7c6n5)cc4)c4ccccc4n23)cc1. The van der Waals surface area contributed by atoms with Gasteiger partial charge in [-0.25, -0.2) is 4.98 Å². The molecular formula is C38H23N3S. The molecule has 42 heavy (non-hydrogen) atoms.